The minimum atomic E-state index is -3.84. The third kappa shape index (κ3) is 11.9. The molecule has 0 fully saturated rings. The number of hydrogen-bond donors (Lipinski definition) is 1. The molecule has 10 heavy (non-hydrogen) atoms. The maximum absolute atomic E-state index is 9.97. The van der Waals surface area contributed by atoms with Gasteiger partial charge in [-0.15, -0.1) is 0 Å². The predicted molar refractivity (Wildman–Crippen MR) is 33.5 cm³/mol. The molecule has 4 nitrogen and oxygen atoms in total. The van der Waals surface area contributed by atoms with E-state index >= 15 is 0 Å². The zero-order chi connectivity index (χ0) is 7.33. The van der Waals surface area contributed by atoms with Crippen molar-refractivity contribution in [3.05, 3.63) is 0 Å². The first-order valence-electron chi connectivity index (χ1n) is 2.26. The van der Waals surface area contributed by atoms with Crippen molar-refractivity contribution in [2.75, 3.05) is 13.2 Å². The van der Waals surface area contributed by atoms with E-state index in [4.69, 9.17) is 5.11 Å². The largest absolute Gasteiger partial charge is 1.00 e. The SMILES string of the molecule is O=S(=O)(Cl)OCCCO.[H-].[Na+]. The van der Waals surface area contributed by atoms with Crippen LogP contribution in [0.4, 0.5) is 0 Å². The average molecular weight is 199 g/mol. The van der Waals surface area contributed by atoms with Crippen LogP contribution < -0.4 is 29.6 Å². The summed E-state index contributed by atoms with van der Waals surface area (Å²) in [5.74, 6) is 0. The Balaban J connectivity index is -0.000000320. The monoisotopic (exact) mass is 198 g/mol. The number of halogens is 1. The van der Waals surface area contributed by atoms with Gasteiger partial charge in [0.25, 0.3) is 0 Å². The van der Waals surface area contributed by atoms with E-state index in [1.807, 2.05) is 0 Å². The first kappa shape index (κ1) is 13.7. The molecule has 0 amide bonds. The molecule has 0 atom stereocenters. The van der Waals surface area contributed by atoms with Crippen LogP contribution in [0.5, 0.6) is 0 Å². The van der Waals surface area contributed by atoms with Gasteiger partial charge < -0.3 is 6.53 Å². The molecule has 0 saturated carbocycles. The number of aliphatic hydroxyl groups excluding tert-OH is 1. The summed E-state index contributed by atoms with van der Waals surface area (Å²) in [6, 6.07) is 0. The minimum Gasteiger partial charge on any atom is -1.00 e. The molecule has 7 heteroatoms. The zero-order valence-corrected chi connectivity index (χ0v) is 9.15. The molecule has 0 heterocycles. The Kier molecular flexibility index (Phi) is 9.40. The van der Waals surface area contributed by atoms with E-state index in [1.54, 1.807) is 0 Å². The molecule has 0 spiro atoms. The third-order valence-electron chi connectivity index (χ3n) is 0.527. The predicted octanol–water partition coefficient (Wildman–Crippen LogP) is -3.01. The molecule has 1 N–H and O–H groups in total. The summed E-state index contributed by atoms with van der Waals surface area (Å²) < 4.78 is 24.0. The van der Waals surface area contributed by atoms with Gasteiger partial charge >= 0.3 is 38.9 Å². The van der Waals surface area contributed by atoms with Gasteiger partial charge in [-0.05, 0) is 6.42 Å². The van der Waals surface area contributed by atoms with Crippen LogP contribution in [-0.2, 0) is 13.5 Å². The first-order valence-corrected chi connectivity index (χ1v) is 4.49. The smallest absolute Gasteiger partial charge is 1.00 e. The Bertz CT molecular complexity index is 161. The fourth-order valence-electron chi connectivity index (χ4n) is 0.223. The summed E-state index contributed by atoms with van der Waals surface area (Å²) in [6.45, 7) is -0.172. The molecule has 0 aliphatic rings. The summed E-state index contributed by atoms with van der Waals surface area (Å²) >= 11 is 0. The number of aliphatic hydroxyl groups is 1. The summed E-state index contributed by atoms with van der Waals surface area (Å²) in [4.78, 5) is 0. The van der Waals surface area contributed by atoms with Gasteiger partial charge in [-0.1, -0.05) is 0 Å². The molecule has 0 aliphatic heterocycles. The average Bonchev–Trinajstić information content (AvgIpc) is 1.63. The van der Waals surface area contributed by atoms with Gasteiger partial charge in [0.05, 0.1) is 6.61 Å². The van der Waals surface area contributed by atoms with Crippen LogP contribution in [0.25, 0.3) is 0 Å². The van der Waals surface area contributed by atoms with E-state index in [1.165, 1.54) is 0 Å². The second kappa shape index (κ2) is 6.84. The van der Waals surface area contributed by atoms with Gasteiger partial charge in [0.2, 0.25) is 0 Å². The van der Waals surface area contributed by atoms with Gasteiger partial charge in [0.1, 0.15) is 0 Å². The Morgan fingerprint density at radius 3 is 2.40 bits per heavy atom. The summed E-state index contributed by atoms with van der Waals surface area (Å²) in [5.41, 5.74) is 0. The summed E-state index contributed by atoms with van der Waals surface area (Å²) in [6.07, 6.45) is 0.270. The molecular formula is C3H8ClNaO4S. The van der Waals surface area contributed by atoms with Crippen molar-refractivity contribution in [2.45, 2.75) is 6.42 Å². The second-order valence-corrected chi connectivity index (χ2v) is 3.45. The van der Waals surface area contributed by atoms with Gasteiger partial charge in [0.15, 0.2) is 0 Å². The minimum absolute atomic E-state index is 0. The zero-order valence-electron chi connectivity index (χ0n) is 6.58. The first-order chi connectivity index (χ1) is 4.06. The molecule has 0 aromatic heterocycles. The summed E-state index contributed by atoms with van der Waals surface area (Å²) in [5, 5.41) is 8.15. The van der Waals surface area contributed by atoms with Crippen molar-refractivity contribution < 1.29 is 48.7 Å². The quantitative estimate of drug-likeness (QED) is 0.297. The Morgan fingerprint density at radius 1 is 1.60 bits per heavy atom. The molecule has 0 unspecified atom stereocenters. The van der Waals surface area contributed by atoms with Crippen LogP contribution in [-0.4, -0.2) is 26.7 Å². The van der Waals surface area contributed by atoms with Crippen LogP contribution in [0, 0.1) is 0 Å². The van der Waals surface area contributed by atoms with E-state index < -0.39 is 9.33 Å². The van der Waals surface area contributed by atoms with Crippen LogP contribution in [0.2, 0.25) is 0 Å². The van der Waals surface area contributed by atoms with Crippen molar-refractivity contribution in [3.63, 3.8) is 0 Å². The number of hydrogen-bond acceptors (Lipinski definition) is 4. The molecule has 0 aliphatic carbocycles. The van der Waals surface area contributed by atoms with Crippen LogP contribution >= 0.6 is 10.7 Å². The molecule has 0 aromatic carbocycles. The standard InChI is InChI=1S/C3H7ClO4S.Na.H/c4-9(6,7)8-3-1-2-5;;/h5H,1-3H2;;/q;+1;-1. The molecule has 0 rings (SSSR count). The molecule has 58 valence electrons. The second-order valence-electron chi connectivity index (χ2n) is 1.29. The Labute approximate surface area is 87.9 Å². The van der Waals surface area contributed by atoms with Crippen molar-refractivity contribution in [2.24, 2.45) is 0 Å². The van der Waals surface area contributed by atoms with Crippen LogP contribution in [0.15, 0.2) is 0 Å². The van der Waals surface area contributed by atoms with Crippen molar-refractivity contribution in [3.8, 4) is 0 Å². The maximum atomic E-state index is 9.97. The Morgan fingerprint density at radius 2 is 2.10 bits per heavy atom. The topological polar surface area (TPSA) is 63.6 Å². The number of rotatable bonds is 4. The van der Waals surface area contributed by atoms with Gasteiger partial charge in [-0.25, -0.2) is 0 Å². The summed E-state index contributed by atoms with van der Waals surface area (Å²) in [7, 11) is 0.802. The van der Waals surface area contributed by atoms with Crippen LogP contribution in [0.1, 0.15) is 7.85 Å². The van der Waals surface area contributed by atoms with E-state index in [-0.39, 0.29) is 50.6 Å². The molecule has 0 radical (unpaired) electrons. The van der Waals surface area contributed by atoms with Crippen molar-refractivity contribution in [1.29, 1.82) is 0 Å². The van der Waals surface area contributed by atoms with Gasteiger partial charge in [-0.3, -0.25) is 4.18 Å². The van der Waals surface area contributed by atoms with E-state index in [0.717, 1.165) is 0 Å². The maximum Gasteiger partial charge on any atom is 1.00 e. The fourth-order valence-corrected chi connectivity index (χ4v) is 0.729. The normalized spacial score (nSPS) is 10.6. The van der Waals surface area contributed by atoms with Crippen molar-refractivity contribution in [1.82, 2.24) is 0 Å². The third-order valence-corrected chi connectivity index (χ3v) is 1.24. The van der Waals surface area contributed by atoms with E-state index in [9.17, 15) is 8.42 Å². The van der Waals surface area contributed by atoms with Crippen LogP contribution in [0.3, 0.4) is 0 Å². The van der Waals surface area contributed by atoms with Crippen molar-refractivity contribution >= 4 is 20.0 Å². The van der Waals surface area contributed by atoms with E-state index in [0.29, 0.717) is 0 Å². The Hall–Kier alpha value is 1.16. The van der Waals surface area contributed by atoms with Gasteiger partial charge in [0, 0.05) is 17.3 Å². The molecule has 0 bridgehead atoms. The molecular weight excluding hydrogens is 191 g/mol. The fraction of sp³-hybridized carbons (Fsp3) is 1.00. The molecule has 0 saturated heterocycles. The molecule has 0 aromatic rings. The van der Waals surface area contributed by atoms with E-state index in [2.05, 4.69) is 14.9 Å². The van der Waals surface area contributed by atoms with Gasteiger partial charge in [-0.2, -0.15) is 8.42 Å².